The third kappa shape index (κ3) is 3.28. The van der Waals surface area contributed by atoms with Gasteiger partial charge in [-0.1, -0.05) is 35.9 Å². The number of fused-ring (bicyclic) bond motifs is 1. The zero-order valence-electron chi connectivity index (χ0n) is 15.1. The Morgan fingerprint density at radius 2 is 1.70 bits per heavy atom. The van der Waals surface area contributed by atoms with Crippen molar-refractivity contribution in [1.29, 1.82) is 0 Å². The van der Waals surface area contributed by atoms with Crippen LogP contribution >= 0.6 is 22.7 Å². The number of rotatable bonds is 3. The highest BCUT2D eigenvalue weighted by Gasteiger charge is 2.42. The van der Waals surface area contributed by atoms with Gasteiger partial charge >= 0.3 is 0 Å². The molecule has 0 unspecified atom stereocenters. The van der Waals surface area contributed by atoms with E-state index in [-0.39, 0.29) is 6.04 Å². The van der Waals surface area contributed by atoms with Gasteiger partial charge in [-0.05, 0) is 66.8 Å². The van der Waals surface area contributed by atoms with Crippen LogP contribution in [0.1, 0.15) is 41.5 Å². The zero-order chi connectivity index (χ0) is 18.1. The van der Waals surface area contributed by atoms with Crippen molar-refractivity contribution < 1.29 is 0 Å². The molecule has 3 heterocycles. The van der Waals surface area contributed by atoms with Gasteiger partial charge < -0.3 is 0 Å². The first kappa shape index (κ1) is 17.0. The van der Waals surface area contributed by atoms with Gasteiger partial charge in [0.15, 0.2) is 0 Å². The van der Waals surface area contributed by atoms with Crippen molar-refractivity contribution >= 4 is 40.1 Å². The van der Waals surface area contributed by atoms with Crippen LogP contribution in [0.3, 0.4) is 0 Å². The minimum absolute atomic E-state index is 0.270. The first-order valence-corrected chi connectivity index (χ1v) is 11.3. The van der Waals surface area contributed by atoms with E-state index in [9.17, 15) is 0 Å². The van der Waals surface area contributed by atoms with Crippen molar-refractivity contribution in [2.75, 3.05) is 5.01 Å². The van der Waals surface area contributed by atoms with E-state index in [0.717, 1.165) is 6.42 Å². The smallest absolute Gasteiger partial charge is 0.0985 e. The Morgan fingerprint density at radius 1 is 0.889 bits per heavy atom. The molecule has 1 aliphatic carbocycles. The van der Waals surface area contributed by atoms with Crippen molar-refractivity contribution in [3.63, 3.8) is 0 Å². The molecule has 1 aliphatic heterocycles. The Labute approximate surface area is 168 Å². The second kappa shape index (κ2) is 7.45. The van der Waals surface area contributed by atoms with Crippen LogP contribution in [0.5, 0.6) is 0 Å². The van der Waals surface area contributed by atoms with E-state index in [1.807, 2.05) is 22.7 Å². The van der Waals surface area contributed by atoms with Gasteiger partial charge in [0.05, 0.1) is 11.7 Å². The highest BCUT2D eigenvalue weighted by atomic mass is 32.1. The Balaban J connectivity index is 1.62. The molecule has 2 aromatic heterocycles. The summed E-state index contributed by atoms with van der Waals surface area (Å²) < 4.78 is 0. The predicted octanol–water partition coefficient (Wildman–Crippen LogP) is 7.00. The summed E-state index contributed by atoms with van der Waals surface area (Å²) in [6, 6.07) is 19.7. The van der Waals surface area contributed by atoms with E-state index in [0.29, 0.717) is 5.92 Å². The molecule has 0 N–H and O–H groups in total. The molecule has 27 heavy (non-hydrogen) atoms. The first-order chi connectivity index (χ1) is 13.4. The SMILES string of the molecule is C(=C1CCCCC2=NN(c3ccccc3)[C@H](c3cccs3)[C@H]12)c1cccs1. The molecule has 0 amide bonds. The second-order valence-corrected chi connectivity index (χ2v) is 9.11. The minimum Gasteiger partial charge on any atom is -0.256 e. The third-order valence-corrected chi connectivity index (χ3v) is 7.21. The summed E-state index contributed by atoms with van der Waals surface area (Å²) in [7, 11) is 0. The van der Waals surface area contributed by atoms with Crippen molar-refractivity contribution in [2.24, 2.45) is 11.0 Å². The van der Waals surface area contributed by atoms with Gasteiger partial charge in [-0.3, -0.25) is 5.01 Å². The van der Waals surface area contributed by atoms with Crippen molar-refractivity contribution in [1.82, 2.24) is 0 Å². The predicted molar refractivity (Wildman–Crippen MR) is 118 cm³/mol. The summed E-state index contributed by atoms with van der Waals surface area (Å²) >= 11 is 3.68. The van der Waals surface area contributed by atoms with Crippen LogP contribution in [0.2, 0.25) is 0 Å². The average molecular weight is 391 g/mol. The Hall–Kier alpha value is -2.17. The van der Waals surface area contributed by atoms with E-state index < -0.39 is 0 Å². The van der Waals surface area contributed by atoms with Crippen molar-refractivity contribution in [3.05, 3.63) is 80.7 Å². The van der Waals surface area contributed by atoms with Crippen LogP contribution in [-0.4, -0.2) is 5.71 Å². The van der Waals surface area contributed by atoms with Crippen LogP contribution in [0.15, 0.2) is 76.0 Å². The maximum absolute atomic E-state index is 5.18. The molecule has 5 rings (SSSR count). The van der Waals surface area contributed by atoms with Gasteiger partial charge in [-0.2, -0.15) is 5.10 Å². The van der Waals surface area contributed by atoms with E-state index in [1.54, 1.807) is 5.57 Å². The fraction of sp³-hybridized carbons (Fsp3) is 0.261. The summed E-state index contributed by atoms with van der Waals surface area (Å²) in [6.07, 6.45) is 7.21. The zero-order valence-corrected chi connectivity index (χ0v) is 16.8. The van der Waals surface area contributed by atoms with Gasteiger partial charge in [0.2, 0.25) is 0 Å². The Kier molecular flexibility index (Phi) is 4.68. The molecule has 1 saturated carbocycles. The molecular formula is C23H22N2S2. The van der Waals surface area contributed by atoms with Gasteiger partial charge in [-0.15, -0.1) is 22.7 Å². The number of para-hydroxylation sites is 1. The van der Waals surface area contributed by atoms with Gasteiger partial charge in [0.1, 0.15) is 0 Å². The monoisotopic (exact) mass is 390 g/mol. The van der Waals surface area contributed by atoms with Crippen LogP contribution in [0.25, 0.3) is 6.08 Å². The standard InChI is InChI=1S/C23H22N2S2/c1-2-9-18(10-3-1)25-23(21-13-7-15-27-21)22-17(16-19-11-6-14-26-19)8-4-5-12-20(22)24-25/h1-3,6-7,9-11,13-16,22-23H,4-5,8,12H2/t22-,23-/m1/s1. The van der Waals surface area contributed by atoms with Crippen LogP contribution in [-0.2, 0) is 0 Å². The summed E-state index contributed by atoms with van der Waals surface area (Å²) in [6.45, 7) is 0. The number of hydrazone groups is 1. The molecule has 3 aromatic rings. The molecule has 0 radical (unpaired) electrons. The summed E-state index contributed by atoms with van der Waals surface area (Å²) in [5.41, 5.74) is 4.09. The van der Waals surface area contributed by atoms with Crippen LogP contribution in [0, 0.1) is 5.92 Å². The highest BCUT2D eigenvalue weighted by Crippen LogP contribution is 2.47. The molecule has 1 fully saturated rings. The molecule has 136 valence electrons. The molecular weight excluding hydrogens is 368 g/mol. The fourth-order valence-electron chi connectivity index (χ4n) is 4.26. The van der Waals surface area contributed by atoms with Crippen molar-refractivity contribution in [3.8, 4) is 0 Å². The molecule has 2 aliphatic rings. The number of anilines is 1. The summed E-state index contributed by atoms with van der Waals surface area (Å²) in [5, 5.41) is 11.8. The molecule has 2 nitrogen and oxygen atoms in total. The Bertz CT molecular complexity index is 940. The quantitative estimate of drug-likeness (QED) is 0.470. The lowest BCUT2D eigenvalue weighted by atomic mass is 9.85. The van der Waals surface area contributed by atoms with Gasteiger partial charge in [0, 0.05) is 21.4 Å². The number of hydrogen-bond acceptors (Lipinski definition) is 4. The topological polar surface area (TPSA) is 15.6 Å². The molecule has 0 spiro atoms. The van der Waals surface area contributed by atoms with E-state index in [2.05, 4.69) is 76.4 Å². The largest absolute Gasteiger partial charge is 0.256 e. The maximum atomic E-state index is 5.18. The molecule has 4 heteroatoms. The molecule has 1 aromatic carbocycles. The normalized spacial score (nSPS) is 23.9. The minimum atomic E-state index is 0.270. The number of benzene rings is 1. The lowest BCUT2D eigenvalue weighted by Crippen LogP contribution is -2.25. The molecule has 0 saturated heterocycles. The highest BCUT2D eigenvalue weighted by molar-refractivity contribution is 7.11. The lowest BCUT2D eigenvalue weighted by Gasteiger charge is -2.28. The number of nitrogens with zero attached hydrogens (tertiary/aromatic N) is 2. The third-order valence-electron chi connectivity index (χ3n) is 5.45. The molecule has 0 bridgehead atoms. The second-order valence-electron chi connectivity index (χ2n) is 7.15. The molecule has 2 atom stereocenters. The maximum Gasteiger partial charge on any atom is 0.0985 e. The van der Waals surface area contributed by atoms with Gasteiger partial charge in [-0.25, -0.2) is 0 Å². The number of hydrogen-bond donors (Lipinski definition) is 0. The van der Waals surface area contributed by atoms with Crippen molar-refractivity contribution in [2.45, 2.75) is 31.7 Å². The number of thiophene rings is 2. The van der Waals surface area contributed by atoms with Crippen LogP contribution < -0.4 is 5.01 Å². The summed E-state index contributed by atoms with van der Waals surface area (Å²) in [5.74, 6) is 0.383. The van der Waals surface area contributed by atoms with Crippen LogP contribution in [0.4, 0.5) is 5.69 Å². The average Bonchev–Trinajstić information content (AvgIpc) is 3.43. The lowest BCUT2D eigenvalue weighted by molar-refractivity contribution is 0.602. The fourth-order valence-corrected chi connectivity index (χ4v) is 5.80. The summed E-state index contributed by atoms with van der Waals surface area (Å²) in [4.78, 5) is 2.76. The first-order valence-electron chi connectivity index (χ1n) is 9.59. The van der Waals surface area contributed by atoms with E-state index in [1.165, 1.54) is 40.4 Å². The Morgan fingerprint density at radius 3 is 2.48 bits per heavy atom. The van der Waals surface area contributed by atoms with E-state index in [4.69, 9.17) is 5.10 Å². The van der Waals surface area contributed by atoms with E-state index >= 15 is 0 Å². The van der Waals surface area contributed by atoms with Gasteiger partial charge in [0.25, 0.3) is 0 Å².